The van der Waals surface area contributed by atoms with Crippen molar-refractivity contribution in [1.82, 2.24) is 25.1 Å². The van der Waals surface area contributed by atoms with Gasteiger partial charge in [0.15, 0.2) is 11.5 Å². The van der Waals surface area contributed by atoms with Gasteiger partial charge in [0.2, 0.25) is 5.95 Å². The first-order chi connectivity index (χ1) is 14.4. The Kier molecular flexibility index (Phi) is 5.18. The van der Waals surface area contributed by atoms with E-state index in [1.165, 1.54) is 13.2 Å². The number of hydrogen-bond acceptors (Lipinski definition) is 8. The zero-order chi connectivity index (χ0) is 21.4. The van der Waals surface area contributed by atoms with Gasteiger partial charge in [-0.15, -0.1) is 0 Å². The standard InChI is InChI=1S/C19H25N7O4/c1-10-6-16(24-23-10)21-15-9-14(17(27)30-3)20-18(22-15)25(2)13-7-11-4-5-12(8-13)26(11)19(28)29/h6,9,11-13H,4-5,7-8H2,1-3H3,(H,28,29)(H2,20,21,22,23,24)/t11-,12+,13?. The SMILES string of the molecule is COC(=O)c1cc(Nc2cc(C)[nH]n2)nc(N(C)C2C[C@H]3CC[C@@H](C2)N3C(=O)O)n1. The summed E-state index contributed by atoms with van der Waals surface area (Å²) >= 11 is 0. The number of aryl methyl sites for hydroxylation is 1. The van der Waals surface area contributed by atoms with Crippen LogP contribution in [0.25, 0.3) is 0 Å². The van der Waals surface area contributed by atoms with Crippen molar-refractivity contribution in [3.8, 4) is 0 Å². The molecule has 2 bridgehead atoms. The topological polar surface area (TPSA) is 137 Å². The van der Waals surface area contributed by atoms with E-state index < -0.39 is 12.1 Å². The molecule has 1 unspecified atom stereocenters. The molecule has 11 heteroatoms. The molecule has 3 atom stereocenters. The monoisotopic (exact) mass is 415 g/mol. The van der Waals surface area contributed by atoms with Gasteiger partial charge in [0, 0.05) is 43.0 Å². The van der Waals surface area contributed by atoms with Gasteiger partial charge in [-0.1, -0.05) is 0 Å². The van der Waals surface area contributed by atoms with Crippen LogP contribution in [0.4, 0.5) is 22.4 Å². The van der Waals surface area contributed by atoms with Crippen molar-refractivity contribution in [3.05, 3.63) is 23.5 Å². The summed E-state index contributed by atoms with van der Waals surface area (Å²) in [6.07, 6.45) is 2.29. The Morgan fingerprint density at radius 3 is 2.50 bits per heavy atom. The van der Waals surface area contributed by atoms with E-state index in [1.54, 1.807) is 4.90 Å². The van der Waals surface area contributed by atoms with Crippen molar-refractivity contribution in [3.63, 3.8) is 0 Å². The number of nitrogens with zero attached hydrogens (tertiary/aromatic N) is 5. The van der Waals surface area contributed by atoms with E-state index >= 15 is 0 Å². The second-order valence-corrected chi connectivity index (χ2v) is 7.80. The summed E-state index contributed by atoms with van der Waals surface area (Å²) in [6, 6.07) is 3.42. The van der Waals surface area contributed by atoms with Crippen LogP contribution in [0.3, 0.4) is 0 Å². The number of fused-ring (bicyclic) bond motifs is 2. The maximum Gasteiger partial charge on any atom is 0.407 e. The summed E-state index contributed by atoms with van der Waals surface area (Å²) in [5.74, 6) is 0.808. The van der Waals surface area contributed by atoms with Crippen molar-refractivity contribution >= 4 is 29.6 Å². The summed E-state index contributed by atoms with van der Waals surface area (Å²) in [5, 5.41) is 19.5. The Morgan fingerprint density at radius 1 is 1.23 bits per heavy atom. The molecule has 3 N–H and O–H groups in total. The molecule has 4 heterocycles. The van der Waals surface area contributed by atoms with Crippen LogP contribution in [0.15, 0.2) is 12.1 Å². The van der Waals surface area contributed by atoms with Crippen LogP contribution in [0.1, 0.15) is 41.9 Å². The van der Waals surface area contributed by atoms with E-state index in [9.17, 15) is 14.7 Å². The predicted molar refractivity (Wildman–Crippen MR) is 108 cm³/mol. The molecule has 2 aliphatic rings. The third-order valence-corrected chi connectivity index (χ3v) is 5.86. The number of carboxylic acid groups (broad SMARTS) is 1. The average molecular weight is 415 g/mol. The summed E-state index contributed by atoms with van der Waals surface area (Å²) in [6.45, 7) is 1.88. The summed E-state index contributed by atoms with van der Waals surface area (Å²) < 4.78 is 4.84. The normalized spacial score (nSPS) is 22.6. The molecule has 0 saturated carbocycles. The number of esters is 1. The Morgan fingerprint density at radius 2 is 1.93 bits per heavy atom. The second-order valence-electron chi connectivity index (χ2n) is 7.80. The highest BCUT2D eigenvalue weighted by atomic mass is 16.5. The fraction of sp³-hybridized carbons (Fsp3) is 0.526. The van der Waals surface area contributed by atoms with Crippen LogP contribution < -0.4 is 10.2 Å². The van der Waals surface area contributed by atoms with Crippen LogP contribution >= 0.6 is 0 Å². The minimum absolute atomic E-state index is 0.00196. The first-order valence-corrected chi connectivity index (χ1v) is 9.86. The van der Waals surface area contributed by atoms with Crippen LogP contribution in [-0.4, -0.2) is 74.5 Å². The van der Waals surface area contributed by atoms with Gasteiger partial charge in [-0.3, -0.25) is 5.10 Å². The van der Waals surface area contributed by atoms with E-state index in [0.717, 1.165) is 18.5 Å². The number of H-pyrrole nitrogens is 1. The number of aromatic nitrogens is 4. The fourth-order valence-electron chi connectivity index (χ4n) is 4.42. The highest BCUT2D eigenvalue weighted by Gasteiger charge is 2.44. The molecular weight excluding hydrogens is 390 g/mol. The second kappa shape index (κ2) is 7.81. The van der Waals surface area contributed by atoms with Gasteiger partial charge in [0.25, 0.3) is 0 Å². The summed E-state index contributed by atoms with van der Waals surface area (Å²) in [4.78, 5) is 36.2. The smallest absolute Gasteiger partial charge is 0.407 e. The first kappa shape index (κ1) is 19.9. The Hall–Kier alpha value is -3.37. The maximum absolute atomic E-state index is 12.2. The van der Waals surface area contributed by atoms with Crippen LogP contribution in [0.5, 0.6) is 0 Å². The first-order valence-electron chi connectivity index (χ1n) is 9.86. The van der Waals surface area contributed by atoms with Crippen LogP contribution in [0, 0.1) is 6.92 Å². The van der Waals surface area contributed by atoms with Gasteiger partial charge >= 0.3 is 12.1 Å². The molecule has 0 radical (unpaired) electrons. The molecule has 1 amide bonds. The van der Waals surface area contributed by atoms with Crippen LogP contribution in [0.2, 0.25) is 0 Å². The molecular formula is C19H25N7O4. The largest absolute Gasteiger partial charge is 0.465 e. The van der Waals surface area contributed by atoms with Crippen molar-refractivity contribution in [2.75, 3.05) is 24.4 Å². The minimum Gasteiger partial charge on any atom is -0.465 e. The Bertz CT molecular complexity index is 948. The zero-order valence-corrected chi connectivity index (χ0v) is 17.1. The fourth-order valence-corrected chi connectivity index (χ4v) is 4.42. The van der Waals surface area contributed by atoms with Crippen molar-refractivity contribution in [2.24, 2.45) is 0 Å². The lowest BCUT2D eigenvalue weighted by Gasteiger charge is -2.40. The van der Waals surface area contributed by atoms with Gasteiger partial charge in [-0.05, 0) is 32.6 Å². The molecule has 11 nitrogen and oxygen atoms in total. The highest BCUT2D eigenvalue weighted by molar-refractivity contribution is 5.88. The van der Waals surface area contributed by atoms with E-state index in [2.05, 4.69) is 25.5 Å². The quantitative estimate of drug-likeness (QED) is 0.627. The molecule has 0 spiro atoms. The number of piperidine rings is 1. The van der Waals surface area contributed by atoms with Crippen molar-refractivity contribution < 1.29 is 19.4 Å². The molecule has 4 rings (SSSR count). The van der Waals surface area contributed by atoms with Crippen molar-refractivity contribution in [1.29, 1.82) is 0 Å². The van der Waals surface area contributed by atoms with E-state index in [1.807, 2.05) is 24.9 Å². The third-order valence-electron chi connectivity index (χ3n) is 5.86. The van der Waals surface area contributed by atoms with Gasteiger partial charge in [-0.2, -0.15) is 10.1 Å². The number of ether oxygens (including phenoxy) is 1. The molecule has 2 aromatic heterocycles. The van der Waals surface area contributed by atoms with E-state index in [4.69, 9.17) is 4.74 Å². The van der Waals surface area contributed by atoms with Crippen molar-refractivity contribution in [2.45, 2.75) is 50.7 Å². The number of methoxy groups -OCH3 is 1. The molecule has 2 aromatic rings. The lowest BCUT2D eigenvalue weighted by atomic mass is 9.97. The van der Waals surface area contributed by atoms with Gasteiger partial charge in [0.1, 0.15) is 5.82 Å². The molecule has 160 valence electrons. The number of carbonyl (C=O) groups is 2. The van der Waals surface area contributed by atoms with Gasteiger partial charge in [0.05, 0.1) is 7.11 Å². The Balaban J connectivity index is 1.60. The number of rotatable bonds is 5. The van der Waals surface area contributed by atoms with Gasteiger partial charge in [-0.25, -0.2) is 14.6 Å². The molecule has 2 saturated heterocycles. The average Bonchev–Trinajstić information content (AvgIpc) is 3.25. The maximum atomic E-state index is 12.2. The summed E-state index contributed by atoms with van der Waals surface area (Å²) in [7, 11) is 3.18. The molecule has 2 aliphatic heterocycles. The van der Waals surface area contributed by atoms with Crippen LogP contribution in [-0.2, 0) is 4.74 Å². The number of hydrogen-bond donors (Lipinski definition) is 3. The highest BCUT2D eigenvalue weighted by Crippen LogP contribution is 2.38. The minimum atomic E-state index is -0.853. The number of carbonyl (C=O) groups excluding carboxylic acids is 1. The molecule has 0 aromatic carbocycles. The lowest BCUT2D eigenvalue weighted by Crippen LogP contribution is -2.51. The predicted octanol–water partition coefficient (Wildman–Crippen LogP) is 2.15. The van der Waals surface area contributed by atoms with E-state index in [-0.39, 0.29) is 23.8 Å². The molecule has 30 heavy (non-hydrogen) atoms. The number of nitrogens with one attached hydrogen (secondary N) is 2. The van der Waals surface area contributed by atoms with E-state index in [0.29, 0.717) is 30.4 Å². The molecule has 2 fully saturated rings. The third kappa shape index (κ3) is 3.74. The lowest BCUT2D eigenvalue weighted by molar-refractivity contribution is 0.0593. The summed E-state index contributed by atoms with van der Waals surface area (Å²) in [5.41, 5.74) is 1.02. The molecule has 0 aliphatic carbocycles. The zero-order valence-electron chi connectivity index (χ0n) is 17.1. The van der Waals surface area contributed by atoms with Gasteiger partial charge < -0.3 is 25.0 Å². The number of anilines is 3. The number of aromatic amines is 1. The Labute approximate surface area is 173 Å². The number of amides is 1.